The molecule has 3 nitrogen and oxygen atoms in total. The van der Waals surface area contributed by atoms with E-state index in [0.717, 1.165) is 17.8 Å². The van der Waals surface area contributed by atoms with Gasteiger partial charge in [-0.15, -0.1) is 11.3 Å². The topological polar surface area (TPSA) is 56.0 Å². The first kappa shape index (κ1) is 10.8. The van der Waals surface area contributed by atoms with Crippen molar-refractivity contribution < 1.29 is 4.79 Å². The van der Waals surface area contributed by atoms with E-state index in [2.05, 4.69) is 4.98 Å². The van der Waals surface area contributed by atoms with Crippen LogP contribution in [-0.4, -0.2) is 17.3 Å². The predicted octanol–water partition coefficient (Wildman–Crippen LogP) is 1.77. The Kier molecular flexibility index (Phi) is 3.17. The normalized spacial score (nSPS) is 18.5. The number of nitrogens with two attached hydrogens (primary N) is 1. The molecular weight excluding hydrogens is 208 g/mol. The van der Waals surface area contributed by atoms with E-state index in [9.17, 15) is 4.79 Å². The van der Waals surface area contributed by atoms with E-state index in [1.807, 2.05) is 5.38 Å². The molecule has 1 aromatic heterocycles. The van der Waals surface area contributed by atoms with Crippen molar-refractivity contribution in [2.45, 2.75) is 32.1 Å². The Balaban J connectivity index is 1.87. The van der Waals surface area contributed by atoms with Crippen molar-refractivity contribution in [3.63, 3.8) is 0 Å². The molecule has 0 saturated heterocycles. The molecule has 2 rings (SSSR count). The zero-order chi connectivity index (χ0) is 10.7. The standard InChI is InChI=1S/C11H16N2OS/c12-8-11(2-1-3-11)7-9(14)6-10-13-4-5-15-10/h4-5H,1-3,6-8,12H2. The van der Waals surface area contributed by atoms with Crippen LogP contribution in [0.2, 0.25) is 0 Å². The molecule has 82 valence electrons. The molecule has 1 fully saturated rings. The Hall–Kier alpha value is -0.740. The Morgan fingerprint density at radius 1 is 1.60 bits per heavy atom. The Labute approximate surface area is 93.7 Å². The van der Waals surface area contributed by atoms with Crippen LogP contribution in [0.4, 0.5) is 0 Å². The average molecular weight is 224 g/mol. The van der Waals surface area contributed by atoms with E-state index < -0.39 is 0 Å². The number of aromatic nitrogens is 1. The van der Waals surface area contributed by atoms with E-state index in [4.69, 9.17) is 5.73 Å². The van der Waals surface area contributed by atoms with Gasteiger partial charge in [-0.3, -0.25) is 4.79 Å². The number of carbonyl (C=O) groups excluding carboxylic acids is 1. The number of Topliss-reactive ketones (excluding diaryl/α,β-unsaturated/α-hetero) is 1. The lowest BCUT2D eigenvalue weighted by molar-refractivity contribution is -0.122. The molecule has 0 unspecified atom stereocenters. The van der Waals surface area contributed by atoms with Crippen molar-refractivity contribution in [3.05, 3.63) is 16.6 Å². The Morgan fingerprint density at radius 3 is 2.87 bits per heavy atom. The fourth-order valence-electron chi connectivity index (χ4n) is 2.12. The number of thiazole rings is 1. The van der Waals surface area contributed by atoms with Gasteiger partial charge in [-0.25, -0.2) is 4.98 Å². The molecule has 1 aliphatic rings. The van der Waals surface area contributed by atoms with Crippen molar-refractivity contribution >= 4 is 17.1 Å². The maximum atomic E-state index is 11.8. The van der Waals surface area contributed by atoms with Crippen LogP contribution in [-0.2, 0) is 11.2 Å². The van der Waals surface area contributed by atoms with Crippen molar-refractivity contribution in [1.82, 2.24) is 4.98 Å². The molecule has 0 bridgehead atoms. The summed E-state index contributed by atoms with van der Waals surface area (Å²) in [4.78, 5) is 15.9. The van der Waals surface area contributed by atoms with E-state index in [1.165, 1.54) is 6.42 Å². The second kappa shape index (κ2) is 4.41. The third kappa shape index (κ3) is 2.44. The van der Waals surface area contributed by atoms with Crippen LogP contribution in [0.5, 0.6) is 0 Å². The second-order valence-corrected chi connectivity index (χ2v) is 5.35. The fourth-order valence-corrected chi connectivity index (χ4v) is 2.76. The zero-order valence-electron chi connectivity index (χ0n) is 8.74. The van der Waals surface area contributed by atoms with Crippen LogP contribution in [0.3, 0.4) is 0 Å². The van der Waals surface area contributed by atoms with Gasteiger partial charge in [0.05, 0.1) is 11.4 Å². The molecule has 1 aliphatic carbocycles. The fraction of sp³-hybridized carbons (Fsp3) is 0.636. The van der Waals surface area contributed by atoms with Gasteiger partial charge in [0.25, 0.3) is 0 Å². The van der Waals surface area contributed by atoms with Crippen LogP contribution in [0.25, 0.3) is 0 Å². The lowest BCUT2D eigenvalue weighted by atomic mass is 9.66. The number of hydrogen-bond donors (Lipinski definition) is 1. The predicted molar refractivity (Wildman–Crippen MR) is 60.8 cm³/mol. The largest absolute Gasteiger partial charge is 0.330 e. The first-order valence-corrected chi connectivity index (χ1v) is 6.22. The monoisotopic (exact) mass is 224 g/mol. The van der Waals surface area contributed by atoms with Gasteiger partial charge in [0, 0.05) is 18.0 Å². The zero-order valence-corrected chi connectivity index (χ0v) is 9.55. The lowest BCUT2D eigenvalue weighted by Gasteiger charge is -2.40. The molecule has 2 N–H and O–H groups in total. The first-order chi connectivity index (χ1) is 7.24. The van der Waals surface area contributed by atoms with Crippen molar-refractivity contribution in [1.29, 1.82) is 0 Å². The quantitative estimate of drug-likeness (QED) is 0.829. The molecule has 0 radical (unpaired) electrons. The summed E-state index contributed by atoms with van der Waals surface area (Å²) in [5.74, 6) is 0.287. The van der Waals surface area contributed by atoms with Crippen molar-refractivity contribution in [3.8, 4) is 0 Å². The molecule has 0 aliphatic heterocycles. The summed E-state index contributed by atoms with van der Waals surface area (Å²) in [7, 11) is 0. The van der Waals surface area contributed by atoms with Crippen LogP contribution in [0, 0.1) is 5.41 Å². The van der Waals surface area contributed by atoms with E-state index >= 15 is 0 Å². The highest BCUT2D eigenvalue weighted by Gasteiger charge is 2.37. The van der Waals surface area contributed by atoms with Crippen LogP contribution in [0.15, 0.2) is 11.6 Å². The van der Waals surface area contributed by atoms with Crippen LogP contribution in [0.1, 0.15) is 30.7 Å². The van der Waals surface area contributed by atoms with Crippen LogP contribution >= 0.6 is 11.3 Å². The number of nitrogens with zero attached hydrogens (tertiary/aromatic N) is 1. The molecule has 0 aromatic carbocycles. The Bertz CT molecular complexity index is 325. The number of carbonyl (C=O) groups is 1. The average Bonchev–Trinajstić information content (AvgIpc) is 2.64. The van der Waals surface area contributed by atoms with Gasteiger partial charge in [0.2, 0.25) is 0 Å². The molecule has 1 saturated carbocycles. The summed E-state index contributed by atoms with van der Waals surface area (Å²) in [5, 5.41) is 2.83. The van der Waals surface area contributed by atoms with Gasteiger partial charge in [-0.2, -0.15) is 0 Å². The summed E-state index contributed by atoms with van der Waals surface area (Å²) >= 11 is 1.55. The number of ketones is 1. The van der Waals surface area contributed by atoms with E-state index in [0.29, 0.717) is 19.4 Å². The van der Waals surface area contributed by atoms with Gasteiger partial charge in [-0.1, -0.05) is 6.42 Å². The lowest BCUT2D eigenvalue weighted by Crippen LogP contribution is -2.39. The minimum atomic E-state index is 0.133. The molecule has 0 amide bonds. The van der Waals surface area contributed by atoms with Gasteiger partial charge in [0.15, 0.2) is 0 Å². The third-order valence-corrected chi connectivity index (χ3v) is 4.03. The highest BCUT2D eigenvalue weighted by molar-refractivity contribution is 7.09. The smallest absolute Gasteiger partial charge is 0.140 e. The summed E-state index contributed by atoms with van der Waals surface area (Å²) < 4.78 is 0. The van der Waals surface area contributed by atoms with E-state index in [-0.39, 0.29) is 11.2 Å². The minimum absolute atomic E-state index is 0.133. The van der Waals surface area contributed by atoms with Crippen molar-refractivity contribution in [2.24, 2.45) is 11.1 Å². The highest BCUT2D eigenvalue weighted by Crippen LogP contribution is 2.43. The Morgan fingerprint density at radius 2 is 2.40 bits per heavy atom. The highest BCUT2D eigenvalue weighted by atomic mass is 32.1. The SMILES string of the molecule is NCC1(CC(=O)Cc2nccs2)CCC1. The molecular formula is C11H16N2OS. The minimum Gasteiger partial charge on any atom is -0.330 e. The molecule has 1 aromatic rings. The molecule has 0 atom stereocenters. The molecule has 1 heterocycles. The molecule has 0 spiro atoms. The van der Waals surface area contributed by atoms with Crippen molar-refractivity contribution in [2.75, 3.05) is 6.54 Å². The summed E-state index contributed by atoms with van der Waals surface area (Å²) in [6, 6.07) is 0. The maximum absolute atomic E-state index is 11.8. The molecule has 4 heteroatoms. The number of rotatable bonds is 5. The molecule has 15 heavy (non-hydrogen) atoms. The van der Waals surface area contributed by atoms with Crippen LogP contribution < -0.4 is 5.73 Å². The second-order valence-electron chi connectivity index (χ2n) is 4.38. The van der Waals surface area contributed by atoms with E-state index in [1.54, 1.807) is 17.5 Å². The first-order valence-electron chi connectivity index (χ1n) is 5.34. The third-order valence-electron chi connectivity index (χ3n) is 3.25. The van der Waals surface area contributed by atoms with Gasteiger partial charge in [-0.05, 0) is 24.8 Å². The van der Waals surface area contributed by atoms with Gasteiger partial charge < -0.3 is 5.73 Å². The van der Waals surface area contributed by atoms with Gasteiger partial charge in [0.1, 0.15) is 5.78 Å². The summed E-state index contributed by atoms with van der Waals surface area (Å²) in [5.41, 5.74) is 5.86. The number of hydrogen-bond acceptors (Lipinski definition) is 4. The van der Waals surface area contributed by atoms with Gasteiger partial charge >= 0.3 is 0 Å². The maximum Gasteiger partial charge on any atom is 0.140 e. The summed E-state index contributed by atoms with van der Waals surface area (Å²) in [6.45, 7) is 0.649. The summed E-state index contributed by atoms with van der Waals surface area (Å²) in [6.07, 6.45) is 6.33.